The highest BCUT2D eigenvalue weighted by Crippen LogP contribution is 2.18. The van der Waals surface area contributed by atoms with Crippen LogP contribution in [0.3, 0.4) is 0 Å². The van der Waals surface area contributed by atoms with E-state index >= 15 is 0 Å². The normalized spacial score (nSPS) is 10.1. The zero-order valence-electron chi connectivity index (χ0n) is 11.2. The third-order valence-corrected chi connectivity index (χ3v) is 2.83. The first-order valence-corrected chi connectivity index (χ1v) is 6.17. The summed E-state index contributed by atoms with van der Waals surface area (Å²) in [6.07, 6.45) is 2.78. The number of aromatic nitrogens is 1. The van der Waals surface area contributed by atoms with Crippen molar-refractivity contribution < 1.29 is 19.2 Å². The maximum absolute atomic E-state index is 12.3. The number of rotatable bonds is 5. The lowest BCUT2D eigenvalue weighted by Gasteiger charge is -2.03. The Bertz CT molecular complexity index is 688. The molecule has 1 N–H and O–H groups in total. The number of H-pyrrole nitrogens is 1. The fourth-order valence-electron chi connectivity index (χ4n) is 1.82. The molecular formula is C14H12N2O5. The zero-order valence-corrected chi connectivity index (χ0v) is 11.2. The Morgan fingerprint density at radius 2 is 1.81 bits per heavy atom. The highest BCUT2D eigenvalue weighted by molar-refractivity contribution is 6.14. The van der Waals surface area contributed by atoms with Crippen molar-refractivity contribution in [3.63, 3.8) is 0 Å². The van der Waals surface area contributed by atoms with E-state index < -0.39 is 16.7 Å². The molecule has 0 amide bonds. The van der Waals surface area contributed by atoms with Gasteiger partial charge in [-0.15, -0.1) is 0 Å². The molecule has 2 rings (SSSR count). The van der Waals surface area contributed by atoms with Gasteiger partial charge in [0.25, 0.3) is 5.69 Å². The number of nitrogens with one attached hydrogen (secondary N) is 1. The number of aromatic amines is 1. The maximum atomic E-state index is 12.3. The number of carbonyl (C=O) groups excluding carboxylic acids is 2. The molecule has 108 valence electrons. The van der Waals surface area contributed by atoms with Gasteiger partial charge in [0.2, 0.25) is 0 Å². The Labute approximate surface area is 119 Å². The van der Waals surface area contributed by atoms with Crippen molar-refractivity contribution in [3.05, 3.63) is 63.5 Å². The van der Waals surface area contributed by atoms with Crippen molar-refractivity contribution in [2.45, 2.75) is 6.92 Å². The van der Waals surface area contributed by atoms with Crippen molar-refractivity contribution >= 4 is 17.4 Å². The number of ether oxygens (including phenoxy) is 1. The van der Waals surface area contributed by atoms with Crippen LogP contribution in [-0.2, 0) is 4.74 Å². The number of nitrogens with zero attached hydrogens (tertiary/aromatic N) is 1. The van der Waals surface area contributed by atoms with E-state index in [1.807, 2.05) is 0 Å². The van der Waals surface area contributed by atoms with Crippen LogP contribution in [0.4, 0.5) is 5.69 Å². The monoisotopic (exact) mass is 288 g/mol. The molecule has 0 aliphatic rings. The summed E-state index contributed by atoms with van der Waals surface area (Å²) in [7, 11) is 0. The number of hydrogen-bond donors (Lipinski definition) is 1. The Kier molecular flexibility index (Phi) is 4.13. The van der Waals surface area contributed by atoms with Crippen LogP contribution in [0.15, 0.2) is 36.7 Å². The maximum Gasteiger partial charge on any atom is 0.340 e. The van der Waals surface area contributed by atoms with Crippen LogP contribution in [0.1, 0.15) is 33.2 Å². The number of nitro groups is 1. The van der Waals surface area contributed by atoms with Crippen LogP contribution in [0, 0.1) is 10.1 Å². The molecule has 21 heavy (non-hydrogen) atoms. The highest BCUT2D eigenvalue weighted by atomic mass is 16.6. The second-order valence-electron chi connectivity index (χ2n) is 4.14. The molecule has 7 nitrogen and oxygen atoms in total. The molecule has 1 aromatic carbocycles. The van der Waals surface area contributed by atoms with Gasteiger partial charge >= 0.3 is 5.97 Å². The molecule has 0 saturated carbocycles. The molecule has 1 heterocycles. The van der Waals surface area contributed by atoms with E-state index in [0.29, 0.717) is 0 Å². The fourth-order valence-corrected chi connectivity index (χ4v) is 1.82. The summed E-state index contributed by atoms with van der Waals surface area (Å²) in [6, 6.07) is 5.18. The lowest BCUT2D eigenvalue weighted by atomic mass is 10.0. The lowest BCUT2D eigenvalue weighted by Crippen LogP contribution is -2.10. The second kappa shape index (κ2) is 6.00. The van der Waals surface area contributed by atoms with Crippen LogP contribution >= 0.6 is 0 Å². The van der Waals surface area contributed by atoms with Gasteiger partial charge < -0.3 is 9.72 Å². The van der Waals surface area contributed by atoms with Gasteiger partial charge in [-0.05, 0) is 19.1 Å². The first-order valence-electron chi connectivity index (χ1n) is 6.17. The minimum absolute atomic E-state index is 0.105. The van der Waals surface area contributed by atoms with E-state index in [2.05, 4.69) is 4.98 Å². The summed E-state index contributed by atoms with van der Waals surface area (Å²) in [5, 5.41) is 10.6. The number of ketones is 1. The van der Waals surface area contributed by atoms with Gasteiger partial charge in [-0.3, -0.25) is 14.9 Å². The van der Waals surface area contributed by atoms with Crippen LogP contribution in [0.25, 0.3) is 0 Å². The summed E-state index contributed by atoms with van der Waals surface area (Å²) in [4.78, 5) is 36.8. The van der Waals surface area contributed by atoms with Crippen LogP contribution < -0.4 is 0 Å². The van der Waals surface area contributed by atoms with Crippen molar-refractivity contribution in [3.8, 4) is 0 Å². The average molecular weight is 288 g/mol. The minimum atomic E-state index is -0.594. The van der Waals surface area contributed by atoms with Gasteiger partial charge in [0.1, 0.15) is 0 Å². The molecule has 2 aromatic rings. The largest absolute Gasteiger partial charge is 0.462 e. The zero-order chi connectivity index (χ0) is 15.4. The molecule has 0 bridgehead atoms. The Balaban J connectivity index is 2.30. The third-order valence-electron chi connectivity index (χ3n) is 2.83. The summed E-state index contributed by atoms with van der Waals surface area (Å²) in [5.41, 5.74) is 0.458. The highest BCUT2D eigenvalue weighted by Gasteiger charge is 2.20. The lowest BCUT2D eigenvalue weighted by molar-refractivity contribution is -0.384. The number of carbonyl (C=O) groups is 2. The molecule has 0 saturated heterocycles. The molecule has 7 heteroatoms. The summed E-state index contributed by atoms with van der Waals surface area (Å²) >= 11 is 0. The van der Waals surface area contributed by atoms with E-state index in [4.69, 9.17) is 4.74 Å². The molecule has 0 spiro atoms. The quantitative estimate of drug-likeness (QED) is 0.393. The van der Waals surface area contributed by atoms with E-state index in [-0.39, 0.29) is 29.0 Å². The molecule has 1 aromatic heterocycles. The van der Waals surface area contributed by atoms with Crippen molar-refractivity contribution in [1.29, 1.82) is 0 Å². The average Bonchev–Trinajstić information content (AvgIpc) is 2.96. The topological polar surface area (TPSA) is 102 Å². The second-order valence-corrected chi connectivity index (χ2v) is 4.14. The number of nitro benzene ring substituents is 1. The SMILES string of the molecule is CCOC(=O)c1c[nH]cc1C(=O)c1ccc([N+](=O)[O-])cc1. The number of non-ortho nitro benzene ring substituents is 1. The first kappa shape index (κ1) is 14.4. The third kappa shape index (κ3) is 2.97. The Morgan fingerprint density at radius 3 is 2.38 bits per heavy atom. The predicted octanol–water partition coefficient (Wildman–Crippen LogP) is 2.33. The molecule has 0 fully saturated rings. The summed E-state index contributed by atoms with van der Waals surface area (Å²) < 4.78 is 4.86. The number of hydrogen-bond acceptors (Lipinski definition) is 5. The molecular weight excluding hydrogens is 276 g/mol. The Hall–Kier alpha value is -2.96. The van der Waals surface area contributed by atoms with Gasteiger partial charge in [0, 0.05) is 30.1 Å². The molecule has 0 aliphatic carbocycles. The van der Waals surface area contributed by atoms with E-state index in [1.54, 1.807) is 6.92 Å². The van der Waals surface area contributed by atoms with Crippen molar-refractivity contribution in [1.82, 2.24) is 4.98 Å². The van der Waals surface area contributed by atoms with Gasteiger partial charge in [-0.25, -0.2) is 4.79 Å². The first-order chi connectivity index (χ1) is 10.0. The van der Waals surface area contributed by atoms with Crippen LogP contribution in [0.5, 0.6) is 0 Å². The smallest absolute Gasteiger partial charge is 0.340 e. The number of esters is 1. The summed E-state index contributed by atoms with van der Waals surface area (Å²) in [6.45, 7) is 1.87. The van der Waals surface area contributed by atoms with Gasteiger partial charge in [0.05, 0.1) is 22.7 Å². The predicted molar refractivity (Wildman–Crippen MR) is 73.3 cm³/mol. The molecule has 0 atom stereocenters. The van der Waals surface area contributed by atoms with Gasteiger partial charge in [-0.1, -0.05) is 0 Å². The van der Waals surface area contributed by atoms with E-state index in [0.717, 1.165) is 0 Å². The number of benzene rings is 1. The molecule has 0 unspecified atom stereocenters. The van der Waals surface area contributed by atoms with Crippen molar-refractivity contribution in [2.75, 3.05) is 6.61 Å². The molecule has 0 aliphatic heterocycles. The van der Waals surface area contributed by atoms with Gasteiger partial charge in [0.15, 0.2) is 5.78 Å². The van der Waals surface area contributed by atoms with Gasteiger partial charge in [-0.2, -0.15) is 0 Å². The fraction of sp³-hybridized carbons (Fsp3) is 0.143. The summed E-state index contributed by atoms with van der Waals surface area (Å²) in [5.74, 6) is -1.00. The standard InChI is InChI=1S/C14H12N2O5/c1-2-21-14(18)12-8-15-7-11(12)13(17)9-3-5-10(6-4-9)16(19)20/h3-8,15H,2H2,1H3. The minimum Gasteiger partial charge on any atom is -0.462 e. The Morgan fingerprint density at radius 1 is 1.19 bits per heavy atom. The van der Waals surface area contributed by atoms with Crippen LogP contribution in [0.2, 0.25) is 0 Å². The van der Waals surface area contributed by atoms with Crippen LogP contribution in [-0.4, -0.2) is 28.3 Å². The van der Waals surface area contributed by atoms with Crippen molar-refractivity contribution in [2.24, 2.45) is 0 Å². The van der Waals surface area contributed by atoms with E-state index in [1.165, 1.54) is 36.7 Å². The molecule has 0 radical (unpaired) electrons. The van der Waals surface area contributed by atoms with E-state index in [9.17, 15) is 19.7 Å².